The van der Waals surface area contributed by atoms with Crippen LogP contribution in [0.4, 0.5) is 0 Å². The fourth-order valence-corrected chi connectivity index (χ4v) is 3.08. The van der Waals surface area contributed by atoms with Gasteiger partial charge in [-0.3, -0.25) is 4.99 Å². The van der Waals surface area contributed by atoms with Gasteiger partial charge >= 0.3 is 0 Å². The van der Waals surface area contributed by atoms with Crippen molar-refractivity contribution in [2.24, 2.45) is 28.5 Å². The van der Waals surface area contributed by atoms with Crippen molar-refractivity contribution in [1.29, 1.82) is 0 Å². The Morgan fingerprint density at radius 2 is 1.94 bits per heavy atom. The molecule has 0 aromatic carbocycles. The first-order valence-corrected chi connectivity index (χ1v) is 7.04. The first-order valence-electron chi connectivity index (χ1n) is 7.04. The Balaban J connectivity index is 1.81. The van der Waals surface area contributed by atoms with Gasteiger partial charge in [-0.2, -0.15) is 0 Å². The lowest BCUT2D eigenvalue weighted by molar-refractivity contribution is 0.353. The number of aliphatic imine (C=N–C) groups is 1. The fourth-order valence-electron chi connectivity index (χ4n) is 3.08. The third-order valence-corrected chi connectivity index (χ3v) is 3.94. The van der Waals surface area contributed by atoms with Crippen molar-refractivity contribution in [3.63, 3.8) is 0 Å². The molecule has 98 valence electrons. The Morgan fingerprint density at radius 3 is 2.53 bits per heavy atom. The van der Waals surface area contributed by atoms with Crippen molar-refractivity contribution in [2.45, 2.75) is 58.4 Å². The maximum Gasteiger partial charge on any atom is 0.188 e. The highest BCUT2D eigenvalue weighted by molar-refractivity contribution is 5.78. The van der Waals surface area contributed by atoms with Crippen LogP contribution in [-0.4, -0.2) is 18.0 Å². The van der Waals surface area contributed by atoms with Crippen LogP contribution in [0, 0.1) is 17.8 Å². The molecule has 2 aliphatic carbocycles. The number of guanidine groups is 1. The summed E-state index contributed by atoms with van der Waals surface area (Å²) in [6, 6.07) is 0. The minimum absolute atomic E-state index is 0.0130. The van der Waals surface area contributed by atoms with Crippen LogP contribution in [0.15, 0.2) is 4.99 Å². The molecule has 2 unspecified atom stereocenters. The molecule has 2 fully saturated rings. The van der Waals surface area contributed by atoms with E-state index in [9.17, 15) is 0 Å². The lowest BCUT2D eigenvalue weighted by Gasteiger charge is -2.22. The Labute approximate surface area is 105 Å². The molecule has 2 atom stereocenters. The van der Waals surface area contributed by atoms with Gasteiger partial charge in [0.25, 0.3) is 0 Å². The molecule has 0 amide bonds. The molecular formula is C14H27N3. The molecule has 3 N–H and O–H groups in total. The Kier molecular flexibility index (Phi) is 3.64. The molecule has 3 heteroatoms. The second-order valence-electron chi connectivity index (χ2n) is 6.79. The zero-order chi connectivity index (χ0) is 12.5. The molecule has 0 aromatic heterocycles. The first-order chi connectivity index (χ1) is 7.96. The Hall–Kier alpha value is -0.730. The number of hydrogen-bond donors (Lipinski definition) is 2. The number of nitrogens with two attached hydrogens (primary N) is 1. The third-order valence-electron chi connectivity index (χ3n) is 3.94. The SMILES string of the molecule is CC(C)(C)NC(N)=NCC1CCCC1C1CC1. The van der Waals surface area contributed by atoms with Crippen LogP contribution in [0.5, 0.6) is 0 Å². The number of hydrogen-bond acceptors (Lipinski definition) is 1. The fraction of sp³-hybridized carbons (Fsp3) is 0.929. The third kappa shape index (κ3) is 3.90. The molecule has 3 nitrogen and oxygen atoms in total. The van der Waals surface area contributed by atoms with Crippen LogP contribution in [0.2, 0.25) is 0 Å². The predicted octanol–water partition coefficient (Wildman–Crippen LogP) is 2.52. The smallest absolute Gasteiger partial charge is 0.188 e. The molecule has 0 radical (unpaired) electrons. The molecule has 0 heterocycles. The summed E-state index contributed by atoms with van der Waals surface area (Å²) in [5.41, 5.74) is 5.93. The van der Waals surface area contributed by atoms with Crippen LogP contribution >= 0.6 is 0 Å². The summed E-state index contributed by atoms with van der Waals surface area (Å²) in [6.45, 7) is 7.25. The van der Waals surface area contributed by atoms with E-state index >= 15 is 0 Å². The predicted molar refractivity (Wildman–Crippen MR) is 72.9 cm³/mol. The highest BCUT2D eigenvalue weighted by atomic mass is 15.1. The summed E-state index contributed by atoms with van der Waals surface area (Å²) in [4.78, 5) is 4.54. The number of nitrogens with zero attached hydrogens (tertiary/aromatic N) is 1. The van der Waals surface area contributed by atoms with Crippen molar-refractivity contribution in [2.75, 3.05) is 6.54 Å². The van der Waals surface area contributed by atoms with E-state index in [0.717, 1.165) is 24.3 Å². The molecule has 17 heavy (non-hydrogen) atoms. The van der Waals surface area contributed by atoms with Gasteiger partial charge in [-0.15, -0.1) is 0 Å². The summed E-state index contributed by atoms with van der Waals surface area (Å²) < 4.78 is 0. The Bertz CT molecular complexity index is 286. The molecule has 0 aliphatic heterocycles. The zero-order valence-corrected chi connectivity index (χ0v) is 11.5. The summed E-state index contributed by atoms with van der Waals surface area (Å²) in [6.07, 6.45) is 7.10. The summed E-state index contributed by atoms with van der Waals surface area (Å²) >= 11 is 0. The Morgan fingerprint density at radius 1 is 1.24 bits per heavy atom. The minimum atomic E-state index is 0.0130. The van der Waals surface area contributed by atoms with Crippen LogP contribution in [-0.2, 0) is 0 Å². The van der Waals surface area contributed by atoms with Crippen molar-refractivity contribution in [3.05, 3.63) is 0 Å². The highest BCUT2D eigenvalue weighted by Crippen LogP contribution is 2.48. The van der Waals surface area contributed by atoms with Gasteiger partial charge in [-0.25, -0.2) is 0 Å². The quantitative estimate of drug-likeness (QED) is 0.585. The van der Waals surface area contributed by atoms with Crippen LogP contribution < -0.4 is 11.1 Å². The van der Waals surface area contributed by atoms with Crippen LogP contribution in [0.1, 0.15) is 52.9 Å². The van der Waals surface area contributed by atoms with E-state index in [4.69, 9.17) is 5.73 Å². The average molecular weight is 237 g/mol. The van der Waals surface area contributed by atoms with Crippen LogP contribution in [0.25, 0.3) is 0 Å². The molecule has 0 aromatic rings. The number of rotatable bonds is 3. The summed E-state index contributed by atoms with van der Waals surface area (Å²) in [7, 11) is 0. The molecule has 0 bridgehead atoms. The van der Waals surface area contributed by atoms with Gasteiger partial charge in [0.05, 0.1) is 0 Å². The standard InChI is InChI=1S/C14H27N3/c1-14(2,3)17-13(15)16-9-11-5-4-6-12(11)10-7-8-10/h10-12H,4-9H2,1-3H3,(H3,15,16,17). The molecule has 0 spiro atoms. The van der Waals surface area contributed by atoms with E-state index in [1.807, 2.05) is 0 Å². The highest BCUT2D eigenvalue weighted by Gasteiger charge is 2.38. The summed E-state index contributed by atoms with van der Waals surface area (Å²) in [5, 5.41) is 3.23. The lowest BCUT2D eigenvalue weighted by Crippen LogP contribution is -2.45. The van der Waals surface area contributed by atoms with Gasteiger partial charge in [0.15, 0.2) is 5.96 Å². The van der Waals surface area contributed by atoms with E-state index in [0.29, 0.717) is 5.96 Å². The van der Waals surface area contributed by atoms with Gasteiger partial charge in [0.2, 0.25) is 0 Å². The molecule has 2 saturated carbocycles. The topological polar surface area (TPSA) is 50.4 Å². The van der Waals surface area contributed by atoms with Crippen molar-refractivity contribution < 1.29 is 0 Å². The normalized spacial score (nSPS) is 30.6. The van der Waals surface area contributed by atoms with Crippen molar-refractivity contribution >= 4 is 5.96 Å². The van der Waals surface area contributed by atoms with Crippen LogP contribution in [0.3, 0.4) is 0 Å². The monoisotopic (exact) mass is 237 g/mol. The first kappa shape index (κ1) is 12.7. The molecule has 2 aliphatic rings. The van der Waals surface area contributed by atoms with E-state index < -0.39 is 0 Å². The maximum absolute atomic E-state index is 5.91. The van der Waals surface area contributed by atoms with Crippen molar-refractivity contribution in [1.82, 2.24) is 5.32 Å². The maximum atomic E-state index is 5.91. The molecule has 2 rings (SSSR count). The van der Waals surface area contributed by atoms with E-state index in [-0.39, 0.29) is 5.54 Å². The van der Waals surface area contributed by atoms with E-state index in [2.05, 4.69) is 31.1 Å². The molecule has 0 saturated heterocycles. The van der Waals surface area contributed by atoms with E-state index in [1.54, 1.807) is 0 Å². The second-order valence-corrected chi connectivity index (χ2v) is 6.79. The van der Waals surface area contributed by atoms with Gasteiger partial charge in [-0.1, -0.05) is 6.42 Å². The van der Waals surface area contributed by atoms with Gasteiger partial charge in [-0.05, 0) is 64.2 Å². The van der Waals surface area contributed by atoms with Gasteiger partial charge < -0.3 is 11.1 Å². The van der Waals surface area contributed by atoms with E-state index in [1.165, 1.54) is 32.1 Å². The largest absolute Gasteiger partial charge is 0.370 e. The summed E-state index contributed by atoms with van der Waals surface area (Å²) in [5.74, 6) is 3.37. The second kappa shape index (κ2) is 4.87. The van der Waals surface area contributed by atoms with Gasteiger partial charge in [0.1, 0.15) is 0 Å². The minimum Gasteiger partial charge on any atom is -0.370 e. The zero-order valence-electron chi connectivity index (χ0n) is 11.5. The average Bonchev–Trinajstić information content (AvgIpc) is 2.92. The number of nitrogens with one attached hydrogen (secondary N) is 1. The lowest BCUT2D eigenvalue weighted by atomic mass is 9.91. The van der Waals surface area contributed by atoms with Crippen molar-refractivity contribution in [3.8, 4) is 0 Å². The van der Waals surface area contributed by atoms with Gasteiger partial charge in [0, 0.05) is 12.1 Å². The molecular weight excluding hydrogens is 210 g/mol.